The molecule has 1 aliphatic rings. The minimum absolute atomic E-state index is 0.402. The van der Waals surface area contributed by atoms with E-state index in [4.69, 9.17) is 4.74 Å². The summed E-state index contributed by atoms with van der Waals surface area (Å²) >= 11 is 3.55. The normalized spacial score (nSPS) is 23.7. The van der Waals surface area contributed by atoms with Crippen LogP contribution in [0.2, 0.25) is 0 Å². The Labute approximate surface area is 116 Å². The molecule has 2 unspecified atom stereocenters. The van der Waals surface area contributed by atoms with Crippen molar-refractivity contribution in [1.29, 1.82) is 0 Å². The highest BCUT2D eigenvalue weighted by atomic mass is 79.9. The standard InChI is InChI=1S/C12H19BrN4O/c1-3-14-11-10(13)12(16-7-15-11)17-9-4-5-18-6-8(9)2/h7-9H,3-6H2,1-2H3,(H2,14,15,16,17). The summed E-state index contributed by atoms with van der Waals surface area (Å²) < 4.78 is 6.34. The summed E-state index contributed by atoms with van der Waals surface area (Å²) in [5.41, 5.74) is 0. The minimum atomic E-state index is 0.402. The van der Waals surface area contributed by atoms with E-state index in [1.165, 1.54) is 0 Å². The molecule has 2 N–H and O–H groups in total. The predicted molar refractivity (Wildman–Crippen MR) is 75.9 cm³/mol. The van der Waals surface area contributed by atoms with E-state index in [-0.39, 0.29) is 0 Å². The summed E-state index contributed by atoms with van der Waals surface area (Å²) in [6.45, 7) is 6.69. The number of ether oxygens (including phenoxy) is 1. The van der Waals surface area contributed by atoms with Crippen molar-refractivity contribution in [2.75, 3.05) is 30.4 Å². The number of nitrogens with zero attached hydrogens (tertiary/aromatic N) is 2. The second-order valence-electron chi connectivity index (χ2n) is 4.51. The van der Waals surface area contributed by atoms with Crippen molar-refractivity contribution < 1.29 is 4.74 Å². The van der Waals surface area contributed by atoms with Crippen LogP contribution in [0.4, 0.5) is 11.6 Å². The van der Waals surface area contributed by atoms with Crippen LogP contribution in [0.15, 0.2) is 10.8 Å². The fourth-order valence-corrected chi connectivity index (χ4v) is 2.49. The molecule has 0 aromatic carbocycles. The third-order valence-corrected chi connectivity index (χ3v) is 3.85. The van der Waals surface area contributed by atoms with Crippen molar-refractivity contribution in [2.24, 2.45) is 5.92 Å². The molecule has 2 atom stereocenters. The Morgan fingerprint density at radius 2 is 2.22 bits per heavy atom. The zero-order valence-electron chi connectivity index (χ0n) is 10.7. The van der Waals surface area contributed by atoms with Crippen LogP contribution in [-0.2, 0) is 4.74 Å². The molecule has 100 valence electrons. The van der Waals surface area contributed by atoms with Crippen molar-refractivity contribution in [3.05, 3.63) is 10.8 Å². The van der Waals surface area contributed by atoms with E-state index in [0.29, 0.717) is 12.0 Å². The zero-order chi connectivity index (χ0) is 13.0. The maximum Gasteiger partial charge on any atom is 0.146 e. The highest BCUT2D eigenvalue weighted by molar-refractivity contribution is 9.10. The van der Waals surface area contributed by atoms with E-state index >= 15 is 0 Å². The molecular weight excluding hydrogens is 296 g/mol. The van der Waals surface area contributed by atoms with Gasteiger partial charge in [0.05, 0.1) is 6.61 Å². The topological polar surface area (TPSA) is 59.1 Å². The Balaban J connectivity index is 2.10. The number of halogens is 1. The van der Waals surface area contributed by atoms with Gasteiger partial charge in [0.15, 0.2) is 0 Å². The lowest BCUT2D eigenvalue weighted by Crippen LogP contribution is -2.36. The van der Waals surface area contributed by atoms with Gasteiger partial charge in [0.25, 0.3) is 0 Å². The lowest BCUT2D eigenvalue weighted by Gasteiger charge is -2.30. The molecule has 0 saturated carbocycles. The lowest BCUT2D eigenvalue weighted by molar-refractivity contribution is 0.0537. The molecule has 1 aromatic rings. The van der Waals surface area contributed by atoms with Crippen LogP contribution >= 0.6 is 15.9 Å². The number of aromatic nitrogens is 2. The molecule has 18 heavy (non-hydrogen) atoms. The Kier molecular flexibility index (Phi) is 4.77. The maximum atomic E-state index is 5.45. The van der Waals surface area contributed by atoms with E-state index in [9.17, 15) is 0 Å². The average molecular weight is 315 g/mol. The summed E-state index contributed by atoms with van der Waals surface area (Å²) in [5.74, 6) is 2.16. The number of hydrogen-bond donors (Lipinski definition) is 2. The SMILES string of the molecule is CCNc1ncnc(NC2CCOCC2C)c1Br. The third-order valence-electron chi connectivity index (χ3n) is 3.10. The molecule has 2 rings (SSSR count). The first-order chi connectivity index (χ1) is 8.72. The van der Waals surface area contributed by atoms with E-state index in [0.717, 1.165) is 42.3 Å². The largest absolute Gasteiger partial charge is 0.381 e. The first-order valence-electron chi connectivity index (χ1n) is 6.31. The Morgan fingerprint density at radius 1 is 1.44 bits per heavy atom. The predicted octanol–water partition coefficient (Wildman–Crippen LogP) is 2.51. The molecular formula is C12H19BrN4O. The van der Waals surface area contributed by atoms with Crippen molar-refractivity contribution in [1.82, 2.24) is 9.97 Å². The number of hydrogen-bond acceptors (Lipinski definition) is 5. The average Bonchev–Trinajstić information content (AvgIpc) is 2.37. The van der Waals surface area contributed by atoms with Crippen molar-refractivity contribution in [3.63, 3.8) is 0 Å². The number of anilines is 2. The van der Waals surface area contributed by atoms with Crippen LogP contribution in [0.1, 0.15) is 20.3 Å². The molecule has 1 aliphatic heterocycles. The van der Waals surface area contributed by atoms with Crippen LogP contribution in [0, 0.1) is 5.92 Å². The van der Waals surface area contributed by atoms with E-state index in [1.807, 2.05) is 6.92 Å². The van der Waals surface area contributed by atoms with Gasteiger partial charge in [0.2, 0.25) is 0 Å². The highest BCUT2D eigenvalue weighted by Crippen LogP contribution is 2.28. The van der Waals surface area contributed by atoms with Gasteiger partial charge < -0.3 is 15.4 Å². The Morgan fingerprint density at radius 3 is 2.94 bits per heavy atom. The van der Waals surface area contributed by atoms with E-state index < -0.39 is 0 Å². The molecule has 0 aliphatic carbocycles. The summed E-state index contributed by atoms with van der Waals surface area (Å²) in [4.78, 5) is 8.51. The van der Waals surface area contributed by atoms with Crippen molar-refractivity contribution in [2.45, 2.75) is 26.3 Å². The highest BCUT2D eigenvalue weighted by Gasteiger charge is 2.23. The quantitative estimate of drug-likeness (QED) is 0.894. The van der Waals surface area contributed by atoms with Crippen LogP contribution < -0.4 is 10.6 Å². The van der Waals surface area contributed by atoms with Crippen molar-refractivity contribution in [3.8, 4) is 0 Å². The summed E-state index contributed by atoms with van der Waals surface area (Å²) in [7, 11) is 0. The first kappa shape index (κ1) is 13.5. The minimum Gasteiger partial charge on any atom is -0.381 e. The Hall–Kier alpha value is -0.880. The summed E-state index contributed by atoms with van der Waals surface area (Å²) in [6, 6.07) is 0.402. The smallest absolute Gasteiger partial charge is 0.146 e. The monoisotopic (exact) mass is 314 g/mol. The molecule has 5 nitrogen and oxygen atoms in total. The second-order valence-corrected chi connectivity index (χ2v) is 5.30. The summed E-state index contributed by atoms with van der Waals surface area (Å²) in [5, 5.41) is 6.68. The molecule has 6 heteroatoms. The third kappa shape index (κ3) is 3.11. The molecule has 1 aromatic heterocycles. The Bertz CT molecular complexity index is 402. The van der Waals surface area contributed by atoms with Gasteiger partial charge in [0, 0.05) is 19.2 Å². The van der Waals surface area contributed by atoms with Gasteiger partial charge in [-0.25, -0.2) is 9.97 Å². The van der Waals surface area contributed by atoms with E-state index in [2.05, 4.69) is 43.5 Å². The molecule has 1 fully saturated rings. The van der Waals surface area contributed by atoms with Gasteiger partial charge in [-0.15, -0.1) is 0 Å². The van der Waals surface area contributed by atoms with Gasteiger partial charge in [0.1, 0.15) is 22.4 Å². The molecule has 0 spiro atoms. The maximum absolute atomic E-state index is 5.45. The number of rotatable bonds is 4. The lowest BCUT2D eigenvalue weighted by atomic mass is 9.98. The summed E-state index contributed by atoms with van der Waals surface area (Å²) in [6.07, 6.45) is 2.59. The van der Waals surface area contributed by atoms with Crippen LogP contribution in [0.25, 0.3) is 0 Å². The fourth-order valence-electron chi connectivity index (χ4n) is 2.03. The molecule has 2 heterocycles. The van der Waals surface area contributed by atoms with Gasteiger partial charge in [-0.3, -0.25) is 0 Å². The number of nitrogens with one attached hydrogen (secondary N) is 2. The molecule has 1 saturated heterocycles. The molecule has 0 amide bonds. The zero-order valence-corrected chi connectivity index (χ0v) is 12.3. The van der Waals surface area contributed by atoms with Gasteiger partial charge >= 0.3 is 0 Å². The first-order valence-corrected chi connectivity index (χ1v) is 7.10. The van der Waals surface area contributed by atoms with Crippen molar-refractivity contribution >= 4 is 27.6 Å². The molecule has 0 radical (unpaired) electrons. The van der Waals surface area contributed by atoms with Crippen LogP contribution in [0.3, 0.4) is 0 Å². The van der Waals surface area contributed by atoms with Crippen LogP contribution in [-0.4, -0.2) is 35.8 Å². The van der Waals surface area contributed by atoms with Crippen LogP contribution in [0.5, 0.6) is 0 Å². The van der Waals surface area contributed by atoms with E-state index in [1.54, 1.807) is 6.33 Å². The van der Waals surface area contributed by atoms with Gasteiger partial charge in [-0.05, 0) is 35.2 Å². The fraction of sp³-hybridized carbons (Fsp3) is 0.667. The second kappa shape index (κ2) is 6.33. The van der Waals surface area contributed by atoms with Gasteiger partial charge in [-0.1, -0.05) is 6.92 Å². The van der Waals surface area contributed by atoms with Gasteiger partial charge in [-0.2, -0.15) is 0 Å². The molecule has 0 bridgehead atoms.